The highest BCUT2D eigenvalue weighted by atomic mass is 35.5. The van der Waals surface area contributed by atoms with Gasteiger partial charge in [-0.25, -0.2) is 9.78 Å². The van der Waals surface area contributed by atoms with E-state index in [4.69, 9.17) is 11.6 Å². The number of nitrogens with zero attached hydrogens (tertiary/aromatic N) is 1. The van der Waals surface area contributed by atoms with Gasteiger partial charge < -0.3 is 10.1 Å². The van der Waals surface area contributed by atoms with Gasteiger partial charge in [0.1, 0.15) is 0 Å². The van der Waals surface area contributed by atoms with E-state index in [1.54, 1.807) is 11.3 Å². The fourth-order valence-electron chi connectivity index (χ4n) is 1.59. The number of hydrogen-bond donors (Lipinski definition) is 1. The Hall–Kier alpha value is -1.11. The first-order chi connectivity index (χ1) is 9.15. The maximum absolute atomic E-state index is 11.4. The molecule has 0 bridgehead atoms. The van der Waals surface area contributed by atoms with Gasteiger partial charge in [0.15, 0.2) is 15.2 Å². The third-order valence-electron chi connectivity index (χ3n) is 2.58. The molecular weight excluding hydrogens is 304 g/mol. The lowest BCUT2D eigenvalue weighted by Crippen LogP contribution is -1.99. The molecule has 2 heterocycles. The largest absolute Gasteiger partial charge is 0.465 e. The average molecular weight is 317 g/mol. The molecule has 4 nitrogen and oxygen atoms in total. The first kappa shape index (κ1) is 14.3. The summed E-state index contributed by atoms with van der Waals surface area (Å²) < 4.78 is 4.64. The van der Waals surface area contributed by atoms with Crippen LogP contribution in [0.3, 0.4) is 0 Å². The highest BCUT2D eigenvalue weighted by Gasteiger charge is 2.17. The van der Waals surface area contributed by atoms with Gasteiger partial charge in [-0.1, -0.05) is 29.9 Å². The first-order valence-corrected chi connectivity index (χ1v) is 7.76. The van der Waals surface area contributed by atoms with E-state index in [9.17, 15) is 4.79 Å². The zero-order chi connectivity index (χ0) is 13.8. The molecule has 0 radical (unpaired) electrons. The summed E-state index contributed by atoms with van der Waals surface area (Å²) in [5.74, 6) is -0.457. The maximum Gasteiger partial charge on any atom is 0.351 e. The number of thiophene rings is 1. The van der Waals surface area contributed by atoms with Crippen LogP contribution < -0.4 is 5.32 Å². The molecule has 2 rings (SSSR count). The number of carbonyl (C=O) groups is 1. The maximum atomic E-state index is 11.4. The van der Waals surface area contributed by atoms with Crippen LogP contribution in [0.25, 0.3) is 0 Å². The number of esters is 1. The summed E-state index contributed by atoms with van der Waals surface area (Å²) >= 11 is 8.81. The second kappa shape index (κ2) is 6.36. The Bertz CT molecular complexity index is 580. The van der Waals surface area contributed by atoms with E-state index in [0.29, 0.717) is 16.6 Å². The molecule has 0 aliphatic rings. The standard InChI is InChI=1S/C12H13ClN2O2S2/c1-3-7-4-5-18-8(7)6-14-12-15-10(13)9(19-12)11(16)17-2/h4-5H,3,6H2,1-2H3,(H,14,15). The molecule has 0 spiro atoms. The molecule has 2 aromatic rings. The molecule has 0 saturated heterocycles. The third-order valence-corrected chi connectivity index (χ3v) is 4.92. The Morgan fingerprint density at radius 3 is 3.05 bits per heavy atom. The van der Waals surface area contributed by atoms with E-state index in [2.05, 4.69) is 33.4 Å². The molecule has 1 N–H and O–H groups in total. The van der Waals surface area contributed by atoms with Crippen LogP contribution in [-0.2, 0) is 17.7 Å². The minimum atomic E-state index is -0.457. The lowest BCUT2D eigenvalue weighted by Gasteiger charge is -2.02. The van der Waals surface area contributed by atoms with Crippen LogP contribution in [0.2, 0.25) is 5.15 Å². The summed E-state index contributed by atoms with van der Waals surface area (Å²) in [5, 5.41) is 6.07. The van der Waals surface area contributed by atoms with Crippen molar-refractivity contribution in [1.82, 2.24) is 4.98 Å². The quantitative estimate of drug-likeness (QED) is 0.852. The van der Waals surface area contributed by atoms with Gasteiger partial charge in [-0.3, -0.25) is 0 Å². The van der Waals surface area contributed by atoms with E-state index in [1.807, 2.05) is 0 Å². The van der Waals surface area contributed by atoms with Gasteiger partial charge in [0.25, 0.3) is 0 Å². The molecule has 7 heteroatoms. The highest BCUT2D eigenvalue weighted by Crippen LogP contribution is 2.28. The number of aryl methyl sites for hydroxylation is 1. The predicted octanol–water partition coefficient (Wildman–Crippen LogP) is 3.82. The Morgan fingerprint density at radius 1 is 1.58 bits per heavy atom. The van der Waals surface area contributed by atoms with Gasteiger partial charge in [-0.15, -0.1) is 11.3 Å². The summed E-state index contributed by atoms with van der Waals surface area (Å²) in [6, 6.07) is 2.12. The van der Waals surface area contributed by atoms with Crippen molar-refractivity contribution in [3.05, 3.63) is 31.9 Å². The second-order valence-corrected chi connectivity index (χ2v) is 6.06. The van der Waals surface area contributed by atoms with Crippen molar-refractivity contribution in [2.45, 2.75) is 19.9 Å². The molecule has 0 amide bonds. The van der Waals surface area contributed by atoms with Crippen LogP contribution in [-0.4, -0.2) is 18.1 Å². The van der Waals surface area contributed by atoms with E-state index in [1.165, 1.54) is 28.9 Å². The third kappa shape index (κ3) is 3.26. The van der Waals surface area contributed by atoms with Gasteiger partial charge in [-0.2, -0.15) is 0 Å². The Morgan fingerprint density at radius 2 is 2.37 bits per heavy atom. The first-order valence-electron chi connectivity index (χ1n) is 5.69. The van der Waals surface area contributed by atoms with Crippen LogP contribution in [0.5, 0.6) is 0 Å². The molecule has 0 saturated carbocycles. The number of anilines is 1. The SMILES string of the molecule is CCc1ccsc1CNc1nc(Cl)c(C(=O)OC)s1. The summed E-state index contributed by atoms with van der Waals surface area (Å²) in [6.45, 7) is 2.81. The van der Waals surface area contributed by atoms with Crippen LogP contribution in [0.4, 0.5) is 5.13 Å². The number of thiazole rings is 1. The molecule has 0 fully saturated rings. The molecule has 0 atom stereocenters. The molecule has 0 aliphatic heterocycles. The van der Waals surface area contributed by atoms with E-state index >= 15 is 0 Å². The van der Waals surface area contributed by atoms with Crippen molar-refractivity contribution in [2.24, 2.45) is 0 Å². The Kier molecular flexibility index (Phi) is 4.79. The van der Waals surface area contributed by atoms with Gasteiger partial charge in [-0.05, 0) is 23.4 Å². The summed E-state index contributed by atoms with van der Waals surface area (Å²) in [5.41, 5.74) is 1.33. The lowest BCUT2D eigenvalue weighted by molar-refractivity contribution is 0.0606. The lowest BCUT2D eigenvalue weighted by atomic mass is 10.2. The second-order valence-electron chi connectivity index (χ2n) is 3.71. The van der Waals surface area contributed by atoms with Crippen molar-refractivity contribution in [3.8, 4) is 0 Å². The van der Waals surface area contributed by atoms with E-state index < -0.39 is 5.97 Å². The minimum absolute atomic E-state index is 0.182. The van der Waals surface area contributed by atoms with E-state index in [0.717, 1.165) is 6.42 Å². The molecule has 0 aliphatic carbocycles. The number of ether oxygens (including phenoxy) is 1. The molecule has 2 aromatic heterocycles. The number of hydrogen-bond acceptors (Lipinski definition) is 6. The number of methoxy groups -OCH3 is 1. The topological polar surface area (TPSA) is 51.2 Å². The van der Waals surface area contributed by atoms with Gasteiger partial charge in [0.05, 0.1) is 13.7 Å². The van der Waals surface area contributed by atoms with Gasteiger partial charge in [0, 0.05) is 4.88 Å². The predicted molar refractivity (Wildman–Crippen MR) is 79.5 cm³/mol. The van der Waals surface area contributed by atoms with Crippen molar-refractivity contribution < 1.29 is 9.53 Å². The number of carbonyl (C=O) groups excluding carboxylic acids is 1. The molecule has 102 valence electrons. The molecule has 0 aromatic carbocycles. The van der Waals surface area contributed by atoms with Crippen LogP contribution in [0, 0.1) is 0 Å². The number of halogens is 1. The summed E-state index contributed by atoms with van der Waals surface area (Å²) in [6.07, 6.45) is 1.01. The van der Waals surface area contributed by atoms with Crippen LogP contribution >= 0.6 is 34.3 Å². The summed E-state index contributed by atoms with van der Waals surface area (Å²) in [4.78, 5) is 17.1. The van der Waals surface area contributed by atoms with Crippen molar-refractivity contribution in [3.63, 3.8) is 0 Å². The van der Waals surface area contributed by atoms with Crippen LogP contribution in [0.1, 0.15) is 27.0 Å². The average Bonchev–Trinajstić information content (AvgIpc) is 3.01. The van der Waals surface area contributed by atoms with Crippen molar-refractivity contribution in [2.75, 3.05) is 12.4 Å². The zero-order valence-electron chi connectivity index (χ0n) is 10.5. The van der Waals surface area contributed by atoms with Crippen molar-refractivity contribution in [1.29, 1.82) is 0 Å². The number of nitrogens with one attached hydrogen (secondary N) is 1. The molecular formula is C12H13ClN2O2S2. The zero-order valence-corrected chi connectivity index (χ0v) is 12.9. The monoisotopic (exact) mass is 316 g/mol. The van der Waals surface area contributed by atoms with Gasteiger partial charge in [0.2, 0.25) is 0 Å². The van der Waals surface area contributed by atoms with Gasteiger partial charge >= 0.3 is 5.97 Å². The minimum Gasteiger partial charge on any atom is -0.465 e. The number of aromatic nitrogens is 1. The fourth-order valence-corrected chi connectivity index (χ4v) is 3.60. The van der Waals surface area contributed by atoms with E-state index in [-0.39, 0.29) is 5.15 Å². The Balaban J connectivity index is 2.06. The van der Waals surface area contributed by atoms with Crippen molar-refractivity contribution >= 4 is 45.4 Å². The smallest absolute Gasteiger partial charge is 0.351 e. The summed E-state index contributed by atoms with van der Waals surface area (Å²) in [7, 11) is 1.32. The molecule has 19 heavy (non-hydrogen) atoms. The van der Waals surface area contributed by atoms with Crippen LogP contribution in [0.15, 0.2) is 11.4 Å². The fraction of sp³-hybridized carbons (Fsp3) is 0.333. The Labute approximate surface area is 124 Å². The highest BCUT2D eigenvalue weighted by molar-refractivity contribution is 7.18. The normalized spacial score (nSPS) is 10.5. The molecule has 0 unspecified atom stereocenters. The number of rotatable bonds is 5.